The molecule has 0 aliphatic heterocycles. The first kappa shape index (κ1) is 17.8. The van der Waals surface area contributed by atoms with Gasteiger partial charge in [-0.1, -0.05) is 64.6 Å². The maximum atomic E-state index is 5.77. The van der Waals surface area contributed by atoms with Crippen molar-refractivity contribution in [3.8, 4) is 17.2 Å². The molecule has 0 fully saturated rings. The molecule has 0 unspecified atom stereocenters. The second-order valence-electron chi connectivity index (χ2n) is 6.64. The lowest BCUT2D eigenvalue weighted by Crippen LogP contribution is -2.16. The Morgan fingerprint density at radius 3 is 2.14 bits per heavy atom. The van der Waals surface area contributed by atoms with Gasteiger partial charge in [-0.05, 0) is 30.7 Å². The SMILES string of the molecule is CCCCCCCCOc1ccc(C#C[Si](C)(C)C)cc1. The van der Waals surface area contributed by atoms with Crippen LogP contribution in [-0.2, 0) is 0 Å². The highest BCUT2D eigenvalue weighted by atomic mass is 28.3. The standard InChI is InChI=1S/C19H30OSi/c1-5-6-7-8-9-10-16-20-19-13-11-18(12-14-19)15-17-21(2,3)4/h11-14H,5-10,16H2,1-4H3. The van der Waals surface area contributed by atoms with Crippen LogP contribution in [0.3, 0.4) is 0 Å². The zero-order chi connectivity index (χ0) is 15.6. The molecule has 0 saturated carbocycles. The van der Waals surface area contributed by atoms with Crippen molar-refractivity contribution < 1.29 is 4.74 Å². The Balaban J connectivity index is 2.26. The third-order valence-electron chi connectivity index (χ3n) is 3.20. The highest BCUT2D eigenvalue weighted by molar-refractivity contribution is 6.83. The number of ether oxygens (including phenoxy) is 1. The lowest BCUT2D eigenvalue weighted by molar-refractivity contribution is 0.304. The molecule has 2 heteroatoms. The van der Waals surface area contributed by atoms with Gasteiger partial charge in [0.25, 0.3) is 0 Å². The van der Waals surface area contributed by atoms with Crippen LogP contribution in [0.5, 0.6) is 5.75 Å². The summed E-state index contributed by atoms with van der Waals surface area (Å²) < 4.78 is 5.77. The number of hydrogen-bond donors (Lipinski definition) is 0. The van der Waals surface area contributed by atoms with Crippen molar-refractivity contribution in [2.24, 2.45) is 0 Å². The van der Waals surface area contributed by atoms with E-state index in [0.717, 1.165) is 24.3 Å². The van der Waals surface area contributed by atoms with Crippen LogP contribution in [0.25, 0.3) is 0 Å². The average Bonchev–Trinajstić information content (AvgIpc) is 2.44. The predicted octanol–water partition coefficient (Wildman–Crippen LogP) is 5.65. The Bertz CT molecular complexity index is 445. The van der Waals surface area contributed by atoms with E-state index >= 15 is 0 Å². The van der Waals surface area contributed by atoms with Crippen molar-refractivity contribution in [3.05, 3.63) is 29.8 Å². The third-order valence-corrected chi connectivity index (χ3v) is 4.08. The van der Waals surface area contributed by atoms with Crippen LogP contribution in [0.15, 0.2) is 24.3 Å². The molecular formula is C19H30OSi. The van der Waals surface area contributed by atoms with Crippen molar-refractivity contribution >= 4 is 8.07 Å². The van der Waals surface area contributed by atoms with E-state index in [2.05, 4.69) is 50.2 Å². The molecule has 1 nitrogen and oxygen atoms in total. The van der Waals surface area contributed by atoms with Gasteiger partial charge in [0.1, 0.15) is 13.8 Å². The summed E-state index contributed by atoms with van der Waals surface area (Å²) in [7, 11) is -1.29. The average molecular weight is 303 g/mol. The molecule has 0 amide bonds. The van der Waals surface area contributed by atoms with Crippen LogP contribution in [0.1, 0.15) is 51.0 Å². The summed E-state index contributed by atoms with van der Waals surface area (Å²) in [5.41, 5.74) is 4.47. The molecule has 0 radical (unpaired) electrons. The molecule has 0 aliphatic carbocycles. The molecule has 0 heterocycles. The van der Waals surface area contributed by atoms with Crippen molar-refractivity contribution in [1.29, 1.82) is 0 Å². The maximum absolute atomic E-state index is 5.77. The number of rotatable bonds is 8. The Morgan fingerprint density at radius 1 is 0.905 bits per heavy atom. The molecule has 0 saturated heterocycles. The summed E-state index contributed by atoms with van der Waals surface area (Å²) in [6.07, 6.45) is 7.80. The number of hydrogen-bond acceptors (Lipinski definition) is 1. The maximum Gasteiger partial charge on any atom is 0.129 e. The van der Waals surface area contributed by atoms with Crippen molar-refractivity contribution in [3.63, 3.8) is 0 Å². The van der Waals surface area contributed by atoms with E-state index in [0.29, 0.717) is 0 Å². The van der Waals surface area contributed by atoms with Crippen LogP contribution in [0, 0.1) is 11.5 Å². The molecule has 0 bridgehead atoms. The second-order valence-corrected chi connectivity index (χ2v) is 11.4. The summed E-state index contributed by atoms with van der Waals surface area (Å²) in [6.45, 7) is 9.86. The first-order valence-corrected chi connectivity index (χ1v) is 11.8. The molecule has 0 aromatic heterocycles. The summed E-state index contributed by atoms with van der Waals surface area (Å²) in [5, 5.41) is 0. The van der Waals surface area contributed by atoms with Gasteiger partial charge in [0.05, 0.1) is 6.61 Å². The fourth-order valence-electron chi connectivity index (χ4n) is 1.97. The minimum atomic E-state index is -1.29. The molecule has 0 aliphatic rings. The first-order chi connectivity index (χ1) is 10.0. The van der Waals surface area contributed by atoms with Gasteiger partial charge in [-0.3, -0.25) is 0 Å². The van der Waals surface area contributed by atoms with Gasteiger partial charge >= 0.3 is 0 Å². The predicted molar refractivity (Wildman–Crippen MR) is 95.5 cm³/mol. The van der Waals surface area contributed by atoms with Gasteiger partial charge in [0.15, 0.2) is 0 Å². The highest BCUT2D eigenvalue weighted by Crippen LogP contribution is 2.13. The van der Waals surface area contributed by atoms with E-state index in [9.17, 15) is 0 Å². The topological polar surface area (TPSA) is 9.23 Å². The summed E-state index contributed by atoms with van der Waals surface area (Å²) in [6, 6.07) is 8.18. The Morgan fingerprint density at radius 2 is 1.52 bits per heavy atom. The molecule has 0 atom stereocenters. The number of benzene rings is 1. The van der Waals surface area contributed by atoms with Gasteiger partial charge < -0.3 is 4.74 Å². The second kappa shape index (κ2) is 9.68. The van der Waals surface area contributed by atoms with Crippen LogP contribution < -0.4 is 4.74 Å². The lowest BCUT2D eigenvalue weighted by Gasteiger charge is -2.06. The number of unbranched alkanes of at least 4 members (excludes halogenated alkanes) is 5. The van der Waals surface area contributed by atoms with E-state index in [4.69, 9.17) is 4.74 Å². The quantitative estimate of drug-likeness (QED) is 0.342. The lowest BCUT2D eigenvalue weighted by atomic mass is 10.1. The summed E-state index contributed by atoms with van der Waals surface area (Å²) >= 11 is 0. The van der Waals surface area contributed by atoms with Crippen LogP contribution in [0.2, 0.25) is 19.6 Å². The smallest absolute Gasteiger partial charge is 0.129 e. The van der Waals surface area contributed by atoms with E-state index in [-0.39, 0.29) is 0 Å². The minimum Gasteiger partial charge on any atom is -0.494 e. The van der Waals surface area contributed by atoms with Gasteiger partial charge in [-0.2, -0.15) is 0 Å². The van der Waals surface area contributed by atoms with E-state index in [1.54, 1.807) is 0 Å². The van der Waals surface area contributed by atoms with Crippen molar-refractivity contribution in [1.82, 2.24) is 0 Å². The normalized spacial score (nSPS) is 10.9. The van der Waals surface area contributed by atoms with Crippen LogP contribution in [-0.4, -0.2) is 14.7 Å². The third kappa shape index (κ3) is 9.36. The fourth-order valence-corrected chi connectivity index (χ4v) is 2.49. The van der Waals surface area contributed by atoms with Crippen molar-refractivity contribution in [2.45, 2.75) is 65.1 Å². The van der Waals surface area contributed by atoms with Gasteiger partial charge in [0.2, 0.25) is 0 Å². The zero-order valence-electron chi connectivity index (χ0n) is 14.2. The van der Waals surface area contributed by atoms with Crippen LogP contribution in [0.4, 0.5) is 0 Å². The minimum absolute atomic E-state index is 0.825. The van der Waals surface area contributed by atoms with Crippen molar-refractivity contribution in [2.75, 3.05) is 6.61 Å². The monoisotopic (exact) mass is 302 g/mol. The molecular weight excluding hydrogens is 272 g/mol. The van der Waals surface area contributed by atoms with Crippen LogP contribution >= 0.6 is 0 Å². The van der Waals surface area contributed by atoms with Gasteiger partial charge in [-0.15, -0.1) is 5.54 Å². The van der Waals surface area contributed by atoms with E-state index < -0.39 is 8.07 Å². The molecule has 21 heavy (non-hydrogen) atoms. The first-order valence-electron chi connectivity index (χ1n) is 8.27. The Labute approximate surface area is 132 Å². The molecule has 116 valence electrons. The zero-order valence-corrected chi connectivity index (χ0v) is 15.2. The molecule has 0 N–H and O–H groups in total. The molecule has 1 aromatic rings. The molecule has 0 spiro atoms. The Hall–Kier alpha value is -1.20. The molecule has 1 rings (SSSR count). The Kier molecular flexibility index (Phi) is 8.23. The highest BCUT2D eigenvalue weighted by Gasteiger charge is 2.07. The largest absolute Gasteiger partial charge is 0.494 e. The van der Waals surface area contributed by atoms with Gasteiger partial charge in [-0.25, -0.2) is 0 Å². The molecule has 1 aromatic carbocycles. The summed E-state index contributed by atoms with van der Waals surface area (Å²) in [4.78, 5) is 0. The summed E-state index contributed by atoms with van der Waals surface area (Å²) in [5.74, 6) is 4.22. The van der Waals surface area contributed by atoms with E-state index in [1.807, 2.05) is 12.1 Å². The van der Waals surface area contributed by atoms with Gasteiger partial charge in [0, 0.05) is 5.56 Å². The van der Waals surface area contributed by atoms with E-state index in [1.165, 1.54) is 32.1 Å². The fraction of sp³-hybridized carbons (Fsp3) is 0.579.